The largest absolute Gasteiger partial charge is 0.504 e. The first-order valence-electron chi connectivity index (χ1n) is 4.39. The van der Waals surface area contributed by atoms with Crippen molar-refractivity contribution in [3.05, 3.63) is 23.8 Å². The summed E-state index contributed by atoms with van der Waals surface area (Å²) in [6, 6.07) is 4.44. The summed E-state index contributed by atoms with van der Waals surface area (Å²) in [5, 5.41) is 28.7. The van der Waals surface area contributed by atoms with Crippen LogP contribution < -0.4 is 4.74 Å². The SMILES string of the molecule is COc1cc(C(O)C(O)CBr)ccc1O. The second-order valence-corrected chi connectivity index (χ2v) is 3.75. The van der Waals surface area contributed by atoms with Crippen LogP contribution in [0.3, 0.4) is 0 Å². The maximum atomic E-state index is 9.68. The van der Waals surface area contributed by atoms with Crippen LogP contribution in [0.1, 0.15) is 11.7 Å². The summed E-state index contributed by atoms with van der Waals surface area (Å²) in [4.78, 5) is 0. The minimum Gasteiger partial charge on any atom is -0.504 e. The van der Waals surface area contributed by atoms with Crippen LogP contribution in [-0.2, 0) is 0 Å². The third kappa shape index (κ3) is 2.84. The number of hydrogen-bond donors (Lipinski definition) is 3. The third-order valence-electron chi connectivity index (χ3n) is 2.07. The lowest BCUT2D eigenvalue weighted by atomic mass is 10.1. The number of aliphatic hydroxyl groups excluding tert-OH is 2. The molecule has 1 aromatic rings. The zero-order chi connectivity index (χ0) is 11.4. The van der Waals surface area contributed by atoms with Crippen LogP contribution in [-0.4, -0.2) is 33.9 Å². The lowest BCUT2D eigenvalue weighted by Crippen LogP contribution is -2.19. The average Bonchev–Trinajstić information content (AvgIpc) is 2.27. The van der Waals surface area contributed by atoms with Crippen molar-refractivity contribution in [2.75, 3.05) is 12.4 Å². The molecule has 15 heavy (non-hydrogen) atoms. The minimum atomic E-state index is -1.00. The van der Waals surface area contributed by atoms with E-state index in [1.807, 2.05) is 0 Å². The fraction of sp³-hybridized carbons (Fsp3) is 0.400. The van der Waals surface area contributed by atoms with Gasteiger partial charge in [0.15, 0.2) is 11.5 Å². The molecule has 0 amide bonds. The molecule has 0 radical (unpaired) electrons. The standard InChI is InChI=1S/C10H13BrO4/c1-15-9-4-6(2-3-7(9)12)10(14)8(13)5-11/h2-4,8,10,12-14H,5H2,1H3. The van der Waals surface area contributed by atoms with Crippen LogP contribution in [0.2, 0.25) is 0 Å². The smallest absolute Gasteiger partial charge is 0.160 e. The summed E-state index contributed by atoms with van der Waals surface area (Å²) in [6.45, 7) is 0. The normalized spacial score (nSPS) is 14.7. The molecule has 0 heterocycles. The van der Waals surface area contributed by atoms with E-state index in [0.29, 0.717) is 5.56 Å². The maximum Gasteiger partial charge on any atom is 0.160 e. The minimum absolute atomic E-state index is 0.00165. The molecule has 0 aliphatic carbocycles. The summed E-state index contributed by atoms with van der Waals surface area (Å²) < 4.78 is 4.89. The molecule has 0 saturated carbocycles. The molecule has 2 unspecified atom stereocenters. The Balaban J connectivity index is 2.95. The zero-order valence-electron chi connectivity index (χ0n) is 8.22. The van der Waals surface area contributed by atoms with Crippen LogP contribution in [0.15, 0.2) is 18.2 Å². The molecule has 84 valence electrons. The van der Waals surface area contributed by atoms with E-state index >= 15 is 0 Å². The Morgan fingerprint density at radius 2 is 2.07 bits per heavy atom. The molecule has 0 aromatic heterocycles. The number of aromatic hydroxyl groups is 1. The first-order chi connectivity index (χ1) is 7.10. The number of methoxy groups -OCH3 is 1. The highest BCUT2D eigenvalue weighted by Gasteiger charge is 2.18. The average molecular weight is 277 g/mol. The van der Waals surface area contributed by atoms with Crippen molar-refractivity contribution in [3.63, 3.8) is 0 Å². The molecule has 0 saturated heterocycles. The van der Waals surface area contributed by atoms with Gasteiger partial charge >= 0.3 is 0 Å². The van der Waals surface area contributed by atoms with Crippen LogP contribution in [0.5, 0.6) is 11.5 Å². The predicted molar refractivity (Wildman–Crippen MR) is 59.4 cm³/mol. The highest BCUT2D eigenvalue weighted by molar-refractivity contribution is 9.09. The van der Waals surface area contributed by atoms with E-state index in [-0.39, 0.29) is 16.8 Å². The van der Waals surface area contributed by atoms with Crippen molar-refractivity contribution in [1.29, 1.82) is 0 Å². The molecule has 3 N–H and O–H groups in total. The summed E-state index contributed by atoms with van der Waals surface area (Å²) in [5.41, 5.74) is 0.497. The van der Waals surface area contributed by atoms with Crippen LogP contribution in [0.4, 0.5) is 0 Å². The fourth-order valence-electron chi connectivity index (χ4n) is 1.18. The van der Waals surface area contributed by atoms with Gasteiger partial charge in [0.1, 0.15) is 6.10 Å². The molecule has 5 heteroatoms. The summed E-state index contributed by atoms with van der Waals surface area (Å²) in [6.07, 6.45) is -1.89. The van der Waals surface area contributed by atoms with Crippen molar-refractivity contribution in [2.24, 2.45) is 0 Å². The lowest BCUT2D eigenvalue weighted by molar-refractivity contribution is 0.0341. The fourth-order valence-corrected chi connectivity index (χ4v) is 1.54. The monoisotopic (exact) mass is 276 g/mol. The van der Waals surface area contributed by atoms with Crippen molar-refractivity contribution in [1.82, 2.24) is 0 Å². The second kappa shape index (κ2) is 5.34. The predicted octanol–water partition coefficient (Wildman–Crippen LogP) is 1.19. The highest BCUT2D eigenvalue weighted by atomic mass is 79.9. The Bertz CT molecular complexity index is 329. The number of hydrogen-bond acceptors (Lipinski definition) is 4. The molecule has 0 aliphatic heterocycles. The summed E-state index contributed by atoms with van der Waals surface area (Å²) in [7, 11) is 1.42. The molecule has 2 atom stereocenters. The molecule has 1 aromatic carbocycles. The van der Waals surface area contributed by atoms with E-state index in [0.717, 1.165) is 0 Å². The van der Waals surface area contributed by atoms with E-state index in [1.54, 1.807) is 0 Å². The number of ether oxygens (including phenoxy) is 1. The van der Waals surface area contributed by atoms with E-state index in [4.69, 9.17) is 4.74 Å². The van der Waals surface area contributed by atoms with E-state index in [2.05, 4.69) is 15.9 Å². The topological polar surface area (TPSA) is 69.9 Å². The third-order valence-corrected chi connectivity index (χ3v) is 2.73. The van der Waals surface area contributed by atoms with Gasteiger partial charge in [-0.15, -0.1) is 0 Å². The van der Waals surface area contributed by atoms with Crippen LogP contribution >= 0.6 is 15.9 Å². The molecule has 0 bridgehead atoms. The Morgan fingerprint density at radius 1 is 1.40 bits per heavy atom. The molecule has 0 aliphatic rings. The van der Waals surface area contributed by atoms with Gasteiger partial charge in [0.05, 0.1) is 13.2 Å². The van der Waals surface area contributed by atoms with Crippen molar-refractivity contribution < 1.29 is 20.1 Å². The van der Waals surface area contributed by atoms with Crippen molar-refractivity contribution in [2.45, 2.75) is 12.2 Å². The van der Waals surface area contributed by atoms with Gasteiger partial charge in [-0.1, -0.05) is 22.0 Å². The Labute approximate surface area is 96.3 Å². The molecule has 1 rings (SSSR count). The molecule has 4 nitrogen and oxygen atoms in total. The first kappa shape index (κ1) is 12.3. The number of phenolic OH excluding ortho intramolecular Hbond substituents is 1. The van der Waals surface area contributed by atoms with Gasteiger partial charge in [-0.2, -0.15) is 0 Å². The van der Waals surface area contributed by atoms with Gasteiger partial charge in [0.2, 0.25) is 0 Å². The van der Waals surface area contributed by atoms with Crippen molar-refractivity contribution in [3.8, 4) is 11.5 Å². The Hall–Kier alpha value is -0.780. The number of phenols is 1. The molecule has 0 fully saturated rings. The van der Waals surface area contributed by atoms with Gasteiger partial charge in [0.25, 0.3) is 0 Å². The maximum absolute atomic E-state index is 9.68. The molecular formula is C10H13BrO4. The molecular weight excluding hydrogens is 264 g/mol. The first-order valence-corrected chi connectivity index (χ1v) is 5.51. The van der Waals surface area contributed by atoms with E-state index in [9.17, 15) is 15.3 Å². The highest BCUT2D eigenvalue weighted by Crippen LogP contribution is 2.30. The number of rotatable bonds is 4. The van der Waals surface area contributed by atoms with Gasteiger partial charge in [-0.05, 0) is 17.7 Å². The second-order valence-electron chi connectivity index (χ2n) is 3.10. The number of alkyl halides is 1. The van der Waals surface area contributed by atoms with Gasteiger partial charge in [0, 0.05) is 5.33 Å². The summed E-state index contributed by atoms with van der Waals surface area (Å²) in [5.74, 6) is 0.273. The van der Waals surface area contributed by atoms with Crippen LogP contribution in [0, 0.1) is 0 Å². The molecule has 0 spiro atoms. The Morgan fingerprint density at radius 3 is 2.60 bits per heavy atom. The van der Waals surface area contributed by atoms with E-state index in [1.165, 1.54) is 25.3 Å². The Kier molecular flexibility index (Phi) is 4.38. The van der Waals surface area contributed by atoms with E-state index < -0.39 is 12.2 Å². The van der Waals surface area contributed by atoms with Crippen molar-refractivity contribution >= 4 is 15.9 Å². The zero-order valence-corrected chi connectivity index (χ0v) is 9.81. The number of halogens is 1. The van der Waals surface area contributed by atoms with Gasteiger partial charge in [-0.25, -0.2) is 0 Å². The van der Waals surface area contributed by atoms with Crippen LogP contribution in [0.25, 0.3) is 0 Å². The van der Waals surface area contributed by atoms with Gasteiger partial charge < -0.3 is 20.1 Å². The lowest BCUT2D eigenvalue weighted by Gasteiger charge is -2.16. The number of aliphatic hydroxyl groups is 2. The van der Waals surface area contributed by atoms with Gasteiger partial charge in [-0.3, -0.25) is 0 Å². The summed E-state index contributed by atoms with van der Waals surface area (Å²) >= 11 is 3.07. The quantitative estimate of drug-likeness (QED) is 0.723. The number of benzene rings is 1.